The molecule has 0 aliphatic carbocycles. The highest BCUT2D eigenvalue weighted by molar-refractivity contribution is 5.91. The number of aromatic nitrogens is 6. The highest BCUT2D eigenvalue weighted by atomic mass is 16.2. The lowest BCUT2D eigenvalue weighted by atomic mass is 9.96. The molecule has 27 heavy (non-hydrogen) atoms. The van der Waals surface area contributed by atoms with Crippen LogP contribution in [0.25, 0.3) is 5.82 Å². The molecule has 4 heterocycles. The number of carbonyl (C=O) groups excluding carboxylic acids is 1. The minimum absolute atomic E-state index is 0.0259. The van der Waals surface area contributed by atoms with Gasteiger partial charge in [-0.05, 0) is 25.8 Å². The van der Waals surface area contributed by atoms with Crippen LogP contribution < -0.4 is 10.2 Å². The van der Waals surface area contributed by atoms with Gasteiger partial charge in [-0.25, -0.2) is 24.9 Å². The Hall–Kier alpha value is -3.36. The number of hydrogen-bond donors (Lipinski definition) is 1. The fourth-order valence-electron chi connectivity index (χ4n) is 3.14. The number of carbonyl (C=O) groups is 1. The van der Waals surface area contributed by atoms with Crippen LogP contribution in [0.5, 0.6) is 0 Å². The van der Waals surface area contributed by atoms with Gasteiger partial charge in [0.15, 0.2) is 0 Å². The number of aryl methyl sites for hydroxylation is 1. The van der Waals surface area contributed by atoms with Crippen molar-refractivity contribution in [1.82, 2.24) is 29.5 Å². The quantitative estimate of drug-likeness (QED) is 0.750. The van der Waals surface area contributed by atoms with Gasteiger partial charge < -0.3 is 4.90 Å². The molecule has 0 aromatic carbocycles. The third kappa shape index (κ3) is 3.91. The van der Waals surface area contributed by atoms with Crippen LogP contribution in [0.2, 0.25) is 0 Å². The Morgan fingerprint density at radius 1 is 1.15 bits per heavy atom. The van der Waals surface area contributed by atoms with E-state index in [1.54, 1.807) is 31.1 Å². The Morgan fingerprint density at radius 3 is 2.70 bits per heavy atom. The van der Waals surface area contributed by atoms with Crippen molar-refractivity contribution in [3.63, 3.8) is 0 Å². The van der Waals surface area contributed by atoms with Crippen LogP contribution in [0.4, 0.5) is 11.8 Å². The lowest BCUT2D eigenvalue weighted by molar-refractivity contribution is -0.120. The second kappa shape index (κ2) is 7.48. The summed E-state index contributed by atoms with van der Waals surface area (Å²) >= 11 is 0. The molecule has 1 aliphatic heterocycles. The van der Waals surface area contributed by atoms with E-state index in [9.17, 15) is 4.79 Å². The van der Waals surface area contributed by atoms with Gasteiger partial charge in [0.25, 0.3) is 0 Å². The zero-order valence-electron chi connectivity index (χ0n) is 15.0. The maximum Gasteiger partial charge on any atom is 0.229 e. The van der Waals surface area contributed by atoms with Gasteiger partial charge in [-0.1, -0.05) is 0 Å². The minimum Gasteiger partial charge on any atom is -0.356 e. The van der Waals surface area contributed by atoms with Gasteiger partial charge in [0, 0.05) is 49.4 Å². The molecular formula is C18H20N8O. The zero-order chi connectivity index (χ0) is 18.6. The molecule has 0 unspecified atom stereocenters. The first-order chi connectivity index (χ1) is 13.2. The standard InChI is InChI=1S/C18H20N8O/c1-13-2-5-20-18(23-13)24-17(27)14-3-7-25(8-4-14)15-10-16(22-11-21-15)26-9-6-19-12-26/h2,5-6,9-12,14H,3-4,7-8H2,1H3,(H,20,23,24,27). The number of hydrogen-bond acceptors (Lipinski definition) is 7. The van der Waals surface area contributed by atoms with E-state index in [0.29, 0.717) is 5.95 Å². The minimum atomic E-state index is -0.0553. The van der Waals surface area contributed by atoms with Crippen LogP contribution in [-0.4, -0.2) is 48.5 Å². The second-order valence-corrected chi connectivity index (χ2v) is 6.48. The molecule has 0 radical (unpaired) electrons. The van der Waals surface area contributed by atoms with Gasteiger partial charge in [0.2, 0.25) is 11.9 Å². The second-order valence-electron chi connectivity index (χ2n) is 6.48. The van der Waals surface area contributed by atoms with Crippen LogP contribution >= 0.6 is 0 Å². The van der Waals surface area contributed by atoms with Gasteiger partial charge in [0.1, 0.15) is 24.3 Å². The Morgan fingerprint density at radius 2 is 1.96 bits per heavy atom. The summed E-state index contributed by atoms with van der Waals surface area (Å²) in [6, 6.07) is 3.73. The molecule has 1 fully saturated rings. The molecular weight excluding hydrogens is 344 g/mol. The Labute approximate surface area is 156 Å². The van der Waals surface area contributed by atoms with Crippen LogP contribution in [0.15, 0.2) is 43.4 Å². The summed E-state index contributed by atoms with van der Waals surface area (Å²) in [6.45, 7) is 3.38. The molecule has 1 saturated heterocycles. The molecule has 1 aliphatic rings. The van der Waals surface area contributed by atoms with E-state index in [1.165, 1.54) is 0 Å². The first-order valence-corrected chi connectivity index (χ1v) is 8.85. The van der Waals surface area contributed by atoms with Crippen molar-refractivity contribution in [3.05, 3.63) is 49.1 Å². The summed E-state index contributed by atoms with van der Waals surface area (Å²) in [5, 5.41) is 2.82. The molecule has 3 aromatic heterocycles. The number of nitrogens with zero attached hydrogens (tertiary/aromatic N) is 7. The van der Waals surface area contributed by atoms with E-state index >= 15 is 0 Å². The first kappa shape index (κ1) is 17.1. The van der Waals surface area contributed by atoms with Crippen molar-refractivity contribution in [2.24, 2.45) is 5.92 Å². The molecule has 9 heteroatoms. The van der Waals surface area contributed by atoms with Crippen molar-refractivity contribution in [2.45, 2.75) is 19.8 Å². The van der Waals surface area contributed by atoms with Crippen LogP contribution in [0, 0.1) is 12.8 Å². The number of rotatable bonds is 4. The molecule has 1 N–H and O–H groups in total. The predicted molar refractivity (Wildman–Crippen MR) is 99.5 cm³/mol. The number of anilines is 2. The average Bonchev–Trinajstić information content (AvgIpc) is 3.23. The lowest BCUT2D eigenvalue weighted by Gasteiger charge is -2.32. The Kier molecular flexibility index (Phi) is 4.73. The van der Waals surface area contributed by atoms with Gasteiger partial charge in [-0.2, -0.15) is 0 Å². The summed E-state index contributed by atoms with van der Waals surface area (Å²) in [7, 11) is 0. The van der Waals surface area contributed by atoms with E-state index in [4.69, 9.17) is 0 Å². The summed E-state index contributed by atoms with van der Waals surface area (Å²) < 4.78 is 1.84. The number of amides is 1. The Balaban J connectivity index is 1.37. The van der Waals surface area contributed by atoms with Gasteiger partial charge >= 0.3 is 0 Å². The summed E-state index contributed by atoms with van der Waals surface area (Å²) in [4.78, 5) is 35.7. The highest BCUT2D eigenvalue weighted by Gasteiger charge is 2.26. The highest BCUT2D eigenvalue weighted by Crippen LogP contribution is 2.23. The van der Waals surface area contributed by atoms with E-state index in [0.717, 1.165) is 43.3 Å². The van der Waals surface area contributed by atoms with Gasteiger partial charge in [-0.15, -0.1) is 0 Å². The molecule has 1 amide bonds. The Bertz CT molecular complexity index is 919. The maximum absolute atomic E-state index is 12.5. The van der Waals surface area contributed by atoms with Crippen molar-refractivity contribution in [3.8, 4) is 5.82 Å². The molecule has 4 rings (SSSR count). The maximum atomic E-state index is 12.5. The third-order valence-corrected chi connectivity index (χ3v) is 4.63. The SMILES string of the molecule is Cc1ccnc(NC(=O)C2CCN(c3cc(-n4ccnc4)ncn3)CC2)n1. The topological polar surface area (TPSA) is 102 Å². The molecule has 138 valence electrons. The normalized spacial score (nSPS) is 14.9. The van der Waals surface area contributed by atoms with Crippen molar-refractivity contribution in [1.29, 1.82) is 0 Å². The molecule has 0 atom stereocenters. The summed E-state index contributed by atoms with van der Waals surface area (Å²) in [6.07, 6.45) is 9.96. The molecule has 0 spiro atoms. The van der Waals surface area contributed by atoms with Crippen molar-refractivity contribution < 1.29 is 4.79 Å². The van der Waals surface area contributed by atoms with E-state index in [2.05, 4.69) is 35.1 Å². The fraction of sp³-hybridized carbons (Fsp3) is 0.333. The lowest BCUT2D eigenvalue weighted by Crippen LogP contribution is -2.38. The first-order valence-electron chi connectivity index (χ1n) is 8.85. The molecule has 0 saturated carbocycles. The smallest absolute Gasteiger partial charge is 0.229 e. The monoisotopic (exact) mass is 364 g/mol. The van der Waals surface area contributed by atoms with Crippen LogP contribution in [0.1, 0.15) is 18.5 Å². The summed E-state index contributed by atoms with van der Waals surface area (Å²) in [5.74, 6) is 1.91. The third-order valence-electron chi connectivity index (χ3n) is 4.63. The fourth-order valence-corrected chi connectivity index (χ4v) is 3.14. The van der Waals surface area contributed by atoms with Crippen molar-refractivity contribution >= 4 is 17.7 Å². The molecule has 0 bridgehead atoms. The zero-order valence-corrected chi connectivity index (χ0v) is 15.0. The number of nitrogens with one attached hydrogen (secondary N) is 1. The van der Waals surface area contributed by atoms with Crippen LogP contribution in [0.3, 0.4) is 0 Å². The van der Waals surface area contributed by atoms with Crippen molar-refractivity contribution in [2.75, 3.05) is 23.3 Å². The largest absolute Gasteiger partial charge is 0.356 e. The van der Waals surface area contributed by atoms with Crippen LogP contribution in [-0.2, 0) is 4.79 Å². The predicted octanol–water partition coefficient (Wildman–Crippen LogP) is 1.62. The average molecular weight is 364 g/mol. The van der Waals surface area contributed by atoms with Gasteiger partial charge in [-0.3, -0.25) is 14.7 Å². The number of piperidine rings is 1. The molecule has 3 aromatic rings. The van der Waals surface area contributed by atoms with E-state index in [-0.39, 0.29) is 11.8 Å². The summed E-state index contributed by atoms with van der Waals surface area (Å²) in [5.41, 5.74) is 0.826. The number of imidazole rings is 1. The van der Waals surface area contributed by atoms with E-state index < -0.39 is 0 Å². The van der Waals surface area contributed by atoms with Gasteiger partial charge in [0.05, 0.1) is 0 Å². The molecule has 9 nitrogen and oxygen atoms in total. The van der Waals surface area contributed by atoms with E-state index in [1.807, 2.05) is 23.8 Å².